The van der Waals surface area contributed by atoms with Gasteiger partial charge in [0.2, 0.25) is 5.82 Å². The first-order valence-corrected chi connectivity index (χ1v) is 5.81. The summed E-state index contributed by atoms with van der Waals surface area (Å²) in [6, 6.07) is 3.21. The summed E-state index contributed by atoms with van der Waals surface area (Å²) >= 11 is 0. The minimum Gasteiger partial charge on any atom is -0.362 e. The molecule has 0 saturated heterocycles. The van der Waals surface area contributed by atoms with Crippen LogP contribution < -0.4 is 5.32 Å². The van der Waals surface area contributed by atoms with E-state index in [9.17, 15) is 10.1 Å². The highest BCUT2D eigenvalue weighted by atomic mass is 16.6. The summed E-state index contributed by atoms with van der Waals surface area (Å²) in [6.07, 6.45) is 2.36. The van der Waals surface area contributed by atoms with E-state index < -0.39 is 4.92 Å². The smallest absolute Gasteiger partial charge is 0.328 e. The van der Waals surface area contributed by atoms with Crippen molar-refractivity contribution < 1.29 is 4.92 Å². The lowest BCUT2D eigenvalue weighted by molar-refractivity contribution is -0.384. The van der Waals surface area contributed by atoms with Crippen LogP contribution >= 0.6 is 0 Å². The van der Waals surface area contributed by atoms with Crippen molar-refractivity contribution in [3.05, 3.63) is 27.9 Å². The third-order valence-corrected chi connectivity index (χ3v) is 3.09. The summed E-state index contributed by atoms with van der Waals surface area (Å²) in [6.45, 7) is 6.05. The third-order valence-electron chi connectivity index (χ3n) is 3.09. The van der Waals surface area contributed by atoms with Crippen LogP contribution in [0.25, 0.3) is 0 Å². The van der Waals surface area contributed by atoms with E-state index in [0.717, 1.165) is 6.42 Å². The summed E-state index contributed by atoms with van der Waals surface area (Å²) < 4.78 is 0. The molecule has 1 aromatic heterocycles. The van der Waals surface area contributed by atoms with Gasteiger partial charge in [0.15, 0.2) is 0 Å². The van der Waals surface area contributed by atoms with Gasteiger partial charge in [0.05, 0.1) is 4.92 Å². The Labute approximate surface area is 106 Å². The predicted molar refractivity (Wildman–Crippen MR) is 68.1 cm³/mol. The first-order chi connectivity index (χ1) is 8.51. The molecule has 0 amide bonds. The first kappa shape index (κ1) is 13.9. The number of anilines is 1. The monoisotopic (exact) mass is 248 g/mol. The molecular formula is C12H16N4O2. The molecule has 0 radical (unpaired) electrons. The molecule has 6 nitrogen and oxygen atoms in total. The maximum Gasteiger partial charge on any atom is 0.328 e. The Bertz CT molecular complexity index is 481. The van der Waals surface area contributed by atoms with Crippen molar-refractivity contribution in [2.24, 2.45) is 5.92 Å². The lowest BCUT2D eigenvalue weighted by Gasteiger charge is -2.20. The van der Waals surface area contributed by atoms with Crippen LogP contribution in [0.5, 0.6) is 0 Å². The lowest BCUT2D eigenvalue weighted by Crippen LogP contribution is -2.24. The average Bonchev–Trinajstić information content (AvgIpc) is 2.36. The number of aromatic nitrogens is 1. The Morgan fingerprint density at radius 3 is 2.78 bits per heavy atom. The summed E-state index contributed by atoms with van der Waals surface area (Å²) in [7, 11) is 0. The Hall–Kier alpha value is -2.16. The maximum atomic E-state index is 11.0. The fourth-order valence-corrected chi connectivity index (χ4v) is 1.55. The molecule has 0 bridgehead atoms. The zero-order valence-corrected chi connectivity index (χ0v) is 10.7. The number of hydrogen-bond acceptors (Lipinski definition) is 5. The number of pyridine rings is 1. The number of nitrogens with one attached hydrogen (secondary N) is 1. The second-order valence-electron chi connectivity index (χ2n) is 4.24. The summed E-state index contributed by atoms with van der Waals surface area (Å²) in [5.41, 5.74) is -0.232. The van der Waals surface area contributed by atoms with Crippen LogP contribution in [0.3, 0.4) is 0 Å². The number of nitrogens with zero attached hydrogens (tertiary/aromatic N) is 3. The molecule has 0 aliphatic heterocycles. The van der Waals surface area contributed by atoms with Gasteiger partial charge in [-0.15, -0.1) is 0 Å². The Balaban J connectivity index is 3.10. The van der Waals surface area contributed by atoms with E-state index in [1.165, 1.54) is 12.3 Å². The van der Waals surface area contributed by atoms with E-state index in [1.807, 2.05) is 13.0 Å². The predicted octanol–water partition coefficient (Wildman–Crippen LogP) is 2.71. The molecule has 18 heavy (non-hydrogen) atoms. The van der Waals surface area contributed by atoms with Gasteiger partial charge in [0, 0.05) is 12.2 Å². The topological polar surface area (TPSA) is 91.8 Å². The van der Waals surface area contributed by atoms with Crippen LogP contribution in [0.4, 0.5) is 11.5 Å². The van der Waals surface area contributed by atoms with E-state index in [2.05, 4.69) is 24.1 Å². The van der Waals surface area contributed by atoms with Crippen LogP contribution in [0.15, 0.2) is 12.3 Å². The molecular weight excluding hydrogens is 232 g/mol. The number of nitriles is 1. The number of rotatable bonds is 5. The molecule has 2 atom stereocenters. The molecule has 0 saturated carbocycles. The Kier molecular flexibility index (Phi) is 4.60. The Morgan fingerprint density at radius 1 is 1.61 bits per heavy atom. The van der Waals surface area contributed by atoms with E-state index in [0.29, 0.717) is 5.92 Å². The normalized spacial score (nSPS) is 13.4. The van der Waals surface area contributed by atoms with E-state index in [-0.39, 0.29) is 23.1 Å². The van der Waals surface area contributed by atoms with Gasteiger partial charge in [-0.05, 0) is 18.9 Å². The van der Waals surface area contributed by atoms with E-state index >= 15 is 0 Å². The average molecular weight is 248 g/mol. The fourth-order valence-electron chi connectivity index (χ4n) is 1.55. The molecule has 0 spiro atoms. The van der Waals surface area contributed by atoms with Gasteiger partial charge in [-0.25, -0.2) is 4.98 Å². The van der Waals surface area contributed by atoms with Crippen molar-refractivity contribution in [1.29, 1.82) is 5.26 Å². The summed E-state index contributed by atoms with van der Waals surface area (Å²) in [5.74, 6) is 0.518. The molecule has 1 N–H and O–H groups in total. The van der Waals surface area contributed by atoms with Crippen LogP contribution in [0.1, 0.15) is 32.8 Å². The highest BCUT2D eigenvalue weighted by Gasteiger charge is 2.23. The summed E-state index contributed by atoms with van der Waals surface area (Å²) in [5, 5.41) is 22.9. The lowest BCUT2D eigenvalue weighted by atomic mass is 10.0. The van der Waals surface area contributed by atoms with Crippen LogP contribution in [-0.4, -0.2) is 15.9 Å². The zero-order valence-electron chi connectivity index (χ0n) is 10.7. The largest absolute Gasteiger partial charge is 0.362 e. The van der Waals surface area contributed by atoms with Crippen LogP contribution in [0.2, 0.25) is 0 Å². The van der Waals surface area contributed by atoms with Gasteiger partial charge in [-0.2, -0.15) is 5.26 Å². The fraction of sp³-hybridized carbons (Fsp3) is 0.500. The SMILES string of the molecule is CCC(C)C(C)Nc1nccc(C#N)c1[N+](=O)[O-]. The molecule has 96 valence electrons. The van der Waals surface area contributed by atoms with Crippen LogP contribution in [0, 0.1) is 27.4 Å². The molecule has 0 fully saturated rings. The zero-order chi connectivity index (χ0) is 13.7. The minimum absolute atomic E-state index is 0.0221. The highest BCUT2D eigenvalue weighted by molar-refractivity contribution is 5.64. The molecule has 0 aliphatic rings. The van der Waals surface area contributed by atoms with Gasteiger partial charge in [0.25, 0.3) is 0 Å². The van der Waals surface area contributed by atoms with Gasteiger partial charge < -0.3 is 5.32 Å². The first-order valence-electron chi connectivity index (χ1n) is 5.81. The second-order valence-corrected chi connectivity index (χ2v) is 4.24. The maximum absolute atomic E-state index is 11.0. The van der Waals surface area contributed by atoms with Crippen molar-refractivity contribution in [2.45, 2.75) is 33.2 Å². The van der Waals surface area contributed by atoms with E-state index in [1.54, 1.807) is 0 Å². The minimum atomic E-state index is -0.572. The van der Waals surface area contributed by atoms with Crippen molar-refractivity contribution in [2.75, 3.05) is 5.32 Å². The number of hydrogen-bond donors (Lipinski definition) is 1. The highest BCUT2D eigenvalue weighted by Crippen LogP contribution is 2.27. The standard InChI is InChI=1S/C12H16N4O2/c1-4-8(2)9(3)15-12-11(16(17)18)10(7-13)5-6-14-12/h5-6,8-9H,4H2,1-3H3,(H,14,15). The molecule has 2 unspecified atom stereocenters. The Morgan fingerprint density at radius 2 is 2.28 bits per heavy atom. The summed E-state index contributed by atoms with van der Waals surface area (Å²) in [4.78, 5) is 14.4. The van der Waals surface area contributed by atoms with Gasteiger partial charge in [-0.1, -0.05) is 20.3 Å². The van der Waals surface area contributed by atoms with Crippen molar-refractivity contribution in [1.82, 2.24) is 4.98 Å². The molecule has 0 aliphatic carbocycles. The van der Waals surface area contributed by atoms with E-state index in [4.69, 9.17) is 5.26 Å². The molecule has 6 heteroatoms. The second kappa shape index (κ2) is 5.96. The third kappa shape index (κ3) is 2.94. The van der Waals surface area contributed by atoms with Crippen molar-refractivity contribution in [3.63, 3.8) is 0 Å². The molecule has 1 heterocycles. The van der Waals surface area contributed by atoms with Gasteiger partial charge in [0.1, 0.15) is 11.6 Å². The quantitative estimate of drug-likeness (QED) is 0.638. The van der Waals surface area contributed by atoms with Gasteiger partial charge >= 0.3 is 5.69 Å². The van der Waals surface area contributed by atoms with Crippen LogP contribution in [-0.2, 0) is 0 Å². The molecule has 1 rings (SSSR count). The van der Waals surface area contributed by atoms with Crippen molar-refractivity contribution in [3.8, 4) is 6.07 Å². The number of nitro groups is 1. The molecule has 1 aromatic rings. The molecule has 0 aromatic carbocycles. The van der Waals surface area contributed by atoms with Crippen molar-refractivity contribution >= 4 is 11.5 Å². The van der Waals surface area contributed by atoms with Gasteiger partial charge in [-0.3, -0.25) is 10.1 Å².